The van der Waals surface area contributed by atoms with E-state index in [1.165, 1.54) is 0 Å². The maximum Gasteiger partial charge on any atom is 0.351 e. The zero-order valence-corrected chi connectivity index (χ0v) is 12.5. The Bertz CT molecular complexity index is 471. The van der Waals surface area contributed by atoms with Crippen LogP contribution < -0.4 is 0 Å². The molecule has 10 heteroatoms. The summed E-state index contributed by atoms with van der Waals surface area (Å²) in [6.45, 7) is 2.55. The summed E-state index contributed by atoms with van der Waals surface area (Å²) in [6, 6.07) is 0. The van der Waals surface area contributed by atoms with Gasteiger partial charge in [0.2, 0.25) is 6.10 Å². The van der Waals surface area contributed by atoms with Crippen LogP contribution in [0.25, 0.3) is 0 Å². The summed E-state index contributed by atoms with van der Waals surface area (Å²) in [5, 5.41) is 11.8. The number of carbonyl (C=O) groups is 4. The fourth-order valence-electron chi connectivity index (χ4n) is 1.36. The number of esters is 4. The van der Waals surface area contributed by atoms with Gasteiger partial charge < -0.3 is 24.2 Å². The third kappa shape index (κ3) is 6.68. The highest BCUT2D eigenvalue weighted by Crippen LogP contribution is 2.11. The zero-order valence-electron chi connectivity index (χ0n) is 12.5. The van der Waals surface area contributed by atoms with E-state index in [1.54, 1.807) is 0 Å². The SMILES string of the molecule is COC(=O)[C@H](OC(C)=O)[C@@H](OC(C)=O)/C(COC(C)=O)=N\O. The highest BCUT2D eigenvalue weighted by atomic mass is 16.6. The Balaban J connectivity index is 5.50. The standard InChI is InChI=1S/C12H17NO9/c1-6(14)20-5-9(13-18)10(21-7(2)15)11(12(17)19-4)22-8(3)16/h10-11,18H,5H2,1-4H3/b13-9-/t10-,11+/m0/s1. The van der Waals surface area contributed by atoms with Crippen LogP contribution in [0.2, 0.25) is 0 Å². The van der Waals surface area contributed by atoms with E-state index < -0.39 is 48.4 Å². The highest BCUT2D eigenvalue weighted by Gasteiger charge is 2.39. The second-order valence-electron chi connectivity index (χ2n) is 3.95. The van der Waals surface area contributed by atoms with Crippen LogP contribution in [0.4, 0.5) is 0 Å². The lowest BCUT2D eigenvalue weighted by molar-refractivity contribution is -0.175. The molecule has 0 aromatic carbocycles. The number of hydrogen-bond donors (Lipinski definition) is 1. The molecule has 0 bridgehead atoms. The minimum absolute atomic E-state index is 0.415. The van der Waals surface area contributed by atoms with Crippen LogP contribution >= 0.6 is 0 Å². The molecule has 0 aromatic heterocycles. The molecule has 0 radical (unpaired) electrons. The maximum absolute atomic E-state index is 11.7. The molecular formula is C12H17NO9. The molecule has 0 aromatic rings. The molecule has 0 heterocycles. The van der Waals surface area contributed by atoms with Crippen molar-refractivity contribution in [3.05, 3.63) is 0 Å². The molecule has 0 aliphatic carbocycles. The number of nitrogens with zero attached hydrogens (tertiary/aromatic N) is 1. The molecule has 0 rings (SSSR count). The molecule has 0 aliphatic rings. The first kappa shape index (κ1) is 19.3. The third-order valence-corrected chi connectivity index (χ3v) is 2.17. The molecular weight excluding hydrogens is 302 g/mol. The largest absolute Gasteiger partial charge is 0.466 e. The predicted octanol–water partition coefficient (Wildman–Crippen LogP) is -0.584. The first-order chi connectivity index (χ1) is 10.2. The molecule has 0 aliphatic heterocycles. The molecule has 1 N–H and O–H groups in total. The number of ether oxygens (including phenoxy) is 4. The van der Waals surface area contributed by atoms with Crippen molar-refractivity contribution < 1.29 is 43.3 Å². The number of carbonyl (C=O) groups excluding carboxylic acids is 4. The number of rotatable bonds is 7. The summed E-state index contributed by atoms with van der Waals surface area (Å²) in [6.07, 6.45) is -3.33. The van der Waals surface area contributed by atoms with Crippen molar-refractivity contribution in [2.75, 3.05) is 13.7 Å². The smallest absolute Gasteiger partial charge is 0.351 e. The molecule has 0 saturated heterocycles. The van der Waals surface area contributed by atoms with Crippen LogP contribution in [0.15, 0.2) is 5.16 Å². The Morgan fingerprint density at radius 1 is 0.955 bits per heavy atom. The summed E-state index contributed by atoms with van der Waals surface area (Å²) in [5.41, 5.74) is -0.415. The average Bonchev–Trinajstić information content (AvgIpc) is 2.42. The van der Waals surface area contributed by atoms with Crippen LogP contribution in [0.3, 0.4) is 0 Å². The van der Waals surface area contributed by atoms with Gasteiger partial charge in [-0.1, -0.05) is 5.16 Å². The van der Waals surface area contributed by atoms with Crippen molar-refractivity contribution in [3.63, 3.8) is 0 Å². The minimum atomic E-state index is -1.71. The molecule has 22 heavy (non-hydrogen) atoms. The second kappa shape index (κ2) is 9.32. The van der Waals surface area contributed by atoms with E-state index in [2.05, 4.69) is 14.6 Å². The summed E-state index contributed by atoms with van der Waals surface area (Å²) >= 11 is 0. The Hall–Kier alpha value is -2.65. The van der Waals surface area contributed by atoms with Crippen LogP contribution in [0.5, 0.6) is 0 Å². The Morgan fingerprint density at radius 3 is 1.82 bits per heavy atom. The van der Waals surface area contributed by atoms with Gasteiger partial charge >= 0.3 is 23.9 Å². The third-order valence-electron chi connectivity index (χ3n) is 2.17. The average molecular weight is 319 g/mol. The van der Waals surface area contributed by atoms with E-state index in [0.717, 1.165) is 27.9 Å². The molecule has 0 saturated carbocycles. The Morgan fingerprint density at radius 2 is 1.45 bits per heavy atom. The summed E-state index contributed by atoms with van der Waals surface area (Å²) in [7, 11) is 1.02. The van der Waals surface area contributed by atoms with E-state index in [4.69, 9.17) is 14.7 Å². The summed E-state index contributed by atoms with van der Waals surface area (Å²) in [4.78, 5) is 44.7. The van der Waals surface area contributed by atoms with Crippen molar-refractivity contribution >= 4 is 29.6 Å². The van der Waals surface area contributed by atoms with Gasteiger partial charge in [0.25, 0.3) is 0 Å². The lowest BCUT2D eigenvalue weighted by Gasteiger charge is -2.24. The van der Waals surface area contributed by atoms with Gasteiger partial charge in [-0.2, -0.15) is 0 Å². The van der Waals surface area contributed by atoms with Gasteiger partial charge in [0, 0.05) is 20.8 Å². The molecule has 10 nitrogen and oxygen atoms in total. The fourth-order valence-corrected chi connectivity index (χ4v) is 1.36. The van der Waals surface area contributed by atoms with E-state index in [1.807, 2.05) is 0 Å². The van der Waals surface area contributed by atoms with E-state index in [-0.39, 0.29) is 0 Å². The van der Waals surface area contributed by atoms with Crippen molar-refractivity contribution in [2.24, 2.45) is 5.16 Å². The molecule has 0 amide bonds. The molecule has 124 valence electrons. The van der Waals surface area contributed by atoms with Gasteiger partial charge in [0.15, 0.2) is 6.10 Å². The van der Waals surface area contributed by atoms with Gasteiger partial charge in [-0.3, -0.25) is 14.4 Å². The molecule has 0 spiro atoms. The van der Waals surface area contributed by atoms with E-state index in [9.17, 15) is 19.2 Å². The Labute approximate surface area is 125 Å². The molecule has 2 atom stereocenters. The lowest BCUT2D eigenvalue weighted by atomic mass is 10.1. The van der Waals surface area contributed by atoms with Crippen molar-refractivity contribution in [1.29, 1.82) is 0 Å². The summed E-state index contributed by atoms with van der Waals surface area (Å²) in [5.74, 6) is -3.47. The van der Waals surface area contributed by atoms with Crippen LogP contribution in [0, 0.1) is 0 Å². The van der Waals surface area contributed by atoms with Gasteiger partial charge in [0.1, 0.15) is 12.3 Å². The first-order valence-corrected chi connectivity index (χ1v) is 5.99. The Kier molecular flexibility index (Phi) is 8.19. The monoisotopic (exact) mass is 319 g/mol. The van der Waals surface area contributed by atoms with E-state index in [0.29, 0.717) is 0 Å². The van der Waals surface area contributed by atoms with Crippen LogP contribution in [-0.4, -0.2) is 60.7 Å². The molecule has 0 fully saturated rings. The maximum atomic E-state index is 11.7. The second-order valence-corrected chi connectivity index (χ2v) is 3.95. The molecule has 0 unspecified atom stereocenters. The number of hydrogen-bond acceptors (Lipinski definition) is 10. The van der Waals surface area contributed by atoms with Gasteiger partial charge in [0.05, 0.1) is 7.11 Å². The lowest BCUT2D eigenvalue weighted by Crippen LogP contribution is -2.47. The van der Waals surface area contributed by atoms with Crippen LogP contribution in [-0.2, 0) is 38.1 Å². The summed E-state index contributed by atoms with van der Waals surface area (Å²) < 4.78 is 18.6. The quantitative estimate of drug-likeness (QED) is 0.214. The van der Waals surface area contributed by atoms with Gasteiger partial charge in [-0.15, -0.1) is 0 Å². The fraction of sp³-hybridized carbons (Fsp3) is 0.583. The predicted molar refractivity (Wildman–Crippen MR) is 69.0 cm³/mol. The topological polar surface area (TPSA) is 138 Å². The normalized spacial score (nSPS) is 13.5. The zero-order chi connectivity index (χ0) is 17.3. The van der Waals surface area contributed by atoms with E-state index >= 15 is 0 Å². The van der Waals surface area contributed by atoms with Gasteiger partial charge in [-0.05, 0) is 0 Å². The van der Waals surface area contributed by atoms with Crippen molar-refractivity contribution in [3.8, 4) is 0 Å². The first-order valence-electron chi connectivity index (χ1n) is 5.99. The van der Waals surface area contributed by atoms with Gasteiger partial charge in [-0.25, -0.2) is 4.79 Å². The van der Waals surface area contributed by atoms with Crippen molar-refractivity contribution in [2.45, 2.75) is 33.0 Å². The minimum Gasteiger partial charge on any atom is -0.466 e. The highest BCUT2D eigenvalue weighted by molar-refractivity contribution is 5.97. The number of methoxy groups -OCH3 is 1. The van der Waals surface area contributed by atoms with Crippen LogP contribution in [0.1, 0.15) is 20.8 Å². The number of oxime groups is 1. The van der Waals surface area contributed by atoms with Crippen molar-refractivity contribution in [1.82, 2.24) is 0 Å².